The molecule has 0 saturated heterocycles. The molecule has 184 valence electrons. The second kappa shape index (κ2) is 9.47. The van der Waals surface area contributed by atoms with Gasteiger partial charge in [0.25, 0.3) is 0 Å². The van der Waals surface area contributed by atoms with E-state index in [0.29, 0.717) is 29.5 Å². The van der Waals surface area contributed by atoms with Gasteiger partial charge in [-0.05, 0) is 31.2 Å². The number of fused-ring (bicyclic) bond motifs is 4. The van der Waals surface area contributed by atoms with Crippen LogP contribution in [-0.4, -0.2) is 24.4 Å². The highest BCUT2D eigenvalue weighted by Gasteiger charge is 2.34. The lowest BCUT2D eigenvalue weighted by atomic mass is 9.87. The van der Waals surface area contributed by atoms with Gasteiger partial charge in [0.2, 0.25) is 11.8 Å². The van der Waals surface area contributed by atoms with E-state index in [-0.39, 0.29) is 17.9 Å². The van der Waals surface area contributed by atoms with Gasteiger partial charge in [-0.1, -0.05) is 72.8 Å². The Hall–Kier alpha value is -4.58. The van der Waals surface area contributed by atoms with Crippen molar-refractivity contribution < 1.29 is 19.1 Å². The molecule has 2 aliphatic rings. The van der Waals surface area contributed by atoms with Gasteiger partial charge >= 0.3 is 0 Å². The Bertz CT molecular complexity index is 1410. The van der Waals surface area contributed by atoms with E-state index in [1.54, 1.807) is 0 Å². The Morgan fingerprint density at radius 1 is 0.622 bits per heavy atom. The van der Waals surface area contributed by atoms with Crippen LogP contribution in [0.25, 0.3) is 0 Å². The third-order valence-electron chi connectivity index (χ3n) is 6.86. The fourth-order valence-electron chi connectivity index (χ4n) is 5.12. The fourth-order valence-corrected chi connectivity index (χ4v) is 5.12. The largest absolute Gasteiger partial charge is 0.457 e. The summed E-state index contributed by atoms with van der Waals surface area (Å²) in [5.74, 6) is 1.47. The minimum Gasteiger partial charge on any atom is -0.457 e. The molecule has 0 aromatic heterocycles. The first kappa shape index (κ1) is 22.9. The highest BCUT2D eigenvalue weighted by atomic mass is 16.5. The molecule has 0 fully saturated rings. The Morgan fingerprint density at radius 2 is 0.973 bits per heavy atom. The maximum Gasteiger partial charge on any atom is 0.232 e. The average Bonchev–Trinajstić information content (AvgIpc) is 2.93. The molecule has 0 spiro atoms. The zero-order valence-corrected chi connectivity index (χ0v) is 20.3. The predicted octanol–water partition coefficient (Wildman–Crippen LogP) is 5.48. The van der Waals surface area contributed by atoms with Crippen molar-refractivity contribution in [1.29, 1.82) is 0 Å². The molecule has 0 bridgehead atoms. The number of rotatable bonds is 5. The molecule has 6 heteroatoms. The number of carbonyl (C=O) groups excluding carboxylic acids is 2. The number of nitrogens with one attached hydrogen (secondary N) is 2. The molecule has 2 amide bonds. The summed E-state index contributed by atoms with van der Waals surface area (Å²) in [7, 11) is 0. The normalized spacial score (nSPS) is 14.5. The number of hydrogen-bond donors (Lipinski definition) is 2. The van der Waals surface area contributed by atoms with Crippen LogP contribution >= 0.6 is 0 Å². The van der Waals surface area contributed by atoms with Gasteiger partial charge in [0, 0.05) is 34.8 Å². The van der Waals surface area contributed by atoms with E-state index in [9.17, 15) is 9.59 Å². The fraction of sp³-hybridized carbons (Fsp3) is 0.161. The molecule has 4 aromatic carbocycles. The third-order valence-corrected chi connectivity index (χ3v) is 6.86. The first-order chi connectivity index (χ1) is 18.1. The number of hydrogen-bond acceptors (Lipinski definition) is 4. The molecule has 4 aromatic rings. The molecule has 6 rings (SSSR count). The number of carbonyl (C=O) groups is 2. The maximum absolute atomic E-state index is 13.5. The maximum atomic E-state index is 13.5. The van der Waals surface area contributed by atoms with Crippen molar-refractivity contribution >= 4 is 11.8 Å². The molecule has 2 N–H and O–H groups in total. The monoisotopic (exact) mass is 490 g/mol. The van der Waals surface area contributed by atoms with E-state index in [2.05, 4.69) is 10.6 Å². The van der Waals surface area contributed by atoms with Crippen LogP contribution in [0.5, 0.6) is 23.0 Å². The summed E-state index contributed by atoms with van der Waals surface area (Å²) in [5.41, 5.74) is 3.30. The third kappa shape index (κ3) is 4.20. The molecule has 2 heterocycles. The molecule has 37 heavy (non-hydrogen) atoms. The zero-order valence-electron chi connectivity index (χ0n) is 20.3. The van der Waals surface area contributed by atoms with Crippen LogP contribution in [0.15, 0.2) is 97.1 Å². The van der Waals surface area contributed by atoms with E-state index in [0.717, 1.165) is 22.3 Å². The van der Waals surface area contributed by atoms with E-state index < -0.39 is 11.8 Å². The van der Waals surface area contributed by atoms with E-state index in [4.69, 9.17) is 9.47 Å². The number of para-hydroxylation sites is 4. The van der Waals surface area contributed by atoms with Crippen LogP contribution in [0.4, 0.5) is 0 Å². The number of ether oxygens (including phenoxy) is 2. The summed E-state index contributed by atoms with van der Waals surface area (Å²) < 4.78 is 12.0. The summed E-state index contributed by atoms with van der Waals surface area (Å²) in [5, 5.41) is 6.14. The summed E-state index contributed by atoms with van der Waals surface area (Å²) >= 11 is 0. The summed E-state index contributed by atoms with van der Waals surface area (Å²) in [6, 6.07) is 30.1. The van der Waals surface area contributed by atoms with Gasteiger partial charge in [-0.15, -0.1) is 0 Å². The molecular weight excluding hydrogens is 464 g/mol. The Balaban J connectivity index is 1.18. The highest BCUT2D eigenvalue weighted by molar-refractivity contribution is 5.91. The Labute approximate surface area is 215 Å². The average molecular weight is 491 g/mol. The van der Waals surface area contributed by atoms with Gasteiger partial charge in [-0.2, -0.15) is 0 Å². The Morgan fingerprint density at radius 3 is 1.38 bits per heavy atom. The predicted molar refractivity (Wildman–Crippen MR) is 140 cm³/mol. The molecular formula is C31H26N2O4. The minimum absolute atomic E-state index is 0.133. The first-order valence-corrected chi connectivity index (χ1v) is 12.4. The van der Waals surface area contributed by atoms with Crippen LogP contribution in [0, 0.1) is 0 Å². The van der Waals surface area contributed by atoms with Gasteiger partial charge in [-0.25, -0.2) is 0 Å². The summed E-state index contributed by atoms with van der Waals surface area (Å²) in [6.45, 7) is 2.18. The summed E-state index contributed by atoms with van der Waals surface area (Å²) in [4.78, 5) is 27.0. The molecule has 0 saturated carbocycles. The summed E-state index contributed by atoms with van der Waals surface area (Å²) in [6.07, 6.45) is 0. The lowest BCUT2D eigenvalue weighted by molar-refractivity contribution is -0.124. The van der Waals surface area contributed by atoms with Crippen molar-refractivity contribution in [2.75, 3.05) is 6.54 Å². The van der Waals surface area contributed by atoms with Gasteiger partial charge in [-0.3, -0.25) is 9.59 Å². The SMILES string of the molecule is CC(CNC(=O)C1c2ccccc2Oc2ccccc21)NC(=O)C1c2ccccc2Oc2ccccc21. The highest BCUT2D eigenvalue weighted by Crippen LogP contribution is 2.45. The molecule has 1 unspecified atom stereocenters. The van der Waals surface area contributed by atoms with Crippen molar-refractivity contribution in [2.45, 2.75) is 24.8 Å². The van der Waals surface area contributed by atoms with Crippen molar-refractivity contribution in [3.8, 4) is 23.0 Å². The molecule has 0 radical (unpaired) electrons. The van der Waals surface area contributed by atoms with Gasteiger partial charge in [0.15, 0.2) is 0 Å². The topological polar surface area (TPSA) is 76.7 Å². The second-order valence-corrected chi connectivity index (χ2v) is 9.38. The van der Waals surface area contributed by atoms with E-state index >= 15 is 0 Å². The lowest BCUT2D eigenvalue weighted by Crippen LogP contribution is -2.45. The smallest absolute Gasteiger partial charge is 0.232 e. The van der Waals surface area contributed by atoms with Crippen LogP contribution in [-0.2, 0) is 9.59 Å². The molecule has 0 aliphatic carbocycles. The first-order valence-electron chi connectivity index (χ1n) is 12.4. The molecule has 2 aliphatic heterocycles. The quantitative estimate of drug-likeness (QED) is 0.388. The van der Waals surface area contributed by atoms with Crippen molar-refractivity contribution in [2.24, 2.45) is 0 Å². The van der Waals surface area contributed by atoms with E-state index in [1.807, 2.05) is 104 Å². The van der Waals surface area contributed by atoms with Crippen LogP contribution < -0.4 is 20.1 Å². The molecule has 1 atom stereocenters. The molecule has 6 nitrogen and oxygen atoms in total. The lowest BCUT2D eigenvalue weighted by Gasteiger charge is -2.29. The van der Waals surface area contributed by atoms with Crippen LogP contribution in [0.2, 0.25) is 0 Å². The van der Waals surface area contributed by atoms with Crippen LogP contribution in [0.3, 0.4) is 0 Å². The van der Waals surface area contributed by atoms with Crippen LogP contribution in [0.1, 0.15) is 41.0 Å². The van der Waals surface area contributed by atoms with E-state index in [1.165, 1.54) is 0 Å². The second-order valence-electron chi connectivity index (χ2n) is 9.38. The van der Waals surface area contributed by atoms with Gasteiger partial charge in [0.05, 0.1) is 11.8 Å². The van der Waals surface area contributed by atoms with Crippen molar-refractivity contribution in [3.05, 3.63) is 119 Å². The van der Waals surface area contributed by atoms with Crippen molar-refractivity contribution in [1.82, 2.24) is 10.6 Å². The zero-order chi connectivity index (χ0) is 25.4. The standard InChI is InChI=1S/C31H26N2O4/c1-19(33-31(35)29-22-12-4-8-16-26(22)37-27-17-9-5-13-23(27)29)18-32-30(34)28-20-10-2-6-14-24(20)36-25-15-7-3-11-21(25)28/h2-17,19,28-29H,18H2,1H3,(H,32,34)(H,33,35). The van der Waals surface area contributed by atoms with Crippen molar-refractivity contribution in [3.63, 3.8) is 0 Å². The van der Waals surface area contributed by atoms with Gasteiger partial charge in [0.1, 0.15) is 23.0 Å². The number of benzene rings is 4. The van der Waals surface area contributed by atoms with Gasteiger partial charge < -0.3 is 20.1 Å². The number of amides is 2. The Kier molecular flexibility index (Phi) is 5.85. The minimum atomic E-state index is -0.492.